The first-order chi connectivity index (χ1) is 12.2. The van der Waals surface area contributed by atoms with Crippen molar-refractivity contribution < 1.29 is 9.47 Å². The highest BCUT2D eigenvalue weighted by molar-refractivity contribution is 9.10. The van der Waals surface area contributed by atoms with Crippen LogP contribution >= 0.6 is 27.5 Å². The summed E-state index contributed by atoms with van der Waals surface area (Å²) in [5, 5.41) is 10.4. The standard InChI is InChI=1S/C17H16BrClN4O2/c1-24-15-6-12(8-20-17-21-10-22-23-17)14(18)7-16(15)25-9-11-2-4-13(19)5-3-11/h2-7,10H,8-9H2,1H3,(H2,20,21,22,23). The van der Waals surface area contributed by atoms with E-state index >= 15 is 0 Å². The van der Waals surface area contributed by atoms with E-state index in [0.29, 0.717) is 35.6 Å². The first kappa shape index (κ1) is 17.6. The summed E-state index contributed by atoms with van der Waals surface area (Å²) >= 11 is 9.47. The van der Waals surface area contributed by atoms with Crippen molar-refractivity contribution in [3.8, 4) is 11.5 Å². The minimum Gasteiger partial charge on any atom is -0.493 e. The molecule has 1 heterocycles. The molecule has 2 N–H and O–H groups in total. The van der Waals surface area contributed by atoms with Crippen molar-refractivity contribution in [3.05, 3.63) is 63.3 Å². The van der Waals surface area contributed by atoms with Crippen molar-refractivity contribution in [2.24, 2.45) is 0 Å². The zero-order valence-corrected chi connectivity index (χ0v) is 15.8. The van der Waals surface area contributed by atoms with Gasteiger partial charge in [0.15, 0.2) is 11.5 Å². The molecule has 0 radical (unpaired) electrons. The number of anilines is 1. The van der Waals surface area contributed by atoms with Gasteiger partial charge in [0.05, 0.1) is 7.11 Å². The van der Waals surface area contributed by atoms with Crippen LogP contribution in [0.3, 0.4) is 0 Å². The molecule has 0 spiro atoms. The van der Waals surface area contributed by atoms with Crippen LogP contribution in [-0.2, 0) is 13.2 Å². The minimum absolute atomic E-state index is 0.426. The van der Waals surface area contributed by atoms with Crippen molar-refractivity contribution >= 4 is 33.5 Å². The quantitative estimate of drug-likeness (QED) is 0.588. The number of nitrogens with zero attached hydrogens (tertiary/aromatic N) is 2. The Balaban J connectivity index is 1.71. The number of ether oxygens (including phenoxy) is 2. The summed E-state index contributed by atoms with van der Waals surface area (Å²) in [5.74, 6) is 1.92. The van der Waals surface area contributed by atoms with Crippen LogP contribution in [0.5, 0.6) is 11.5 Å². The van der Waals surface area contributed by atoms with Gasteiger partial charge >= 0.3 is 0 Å². The molecule has 8 heteroatoms. The van der Waals surface area contributed by atoms with Crippen LogP contribution in [-0.4, -0.2) is 22.3 Å². The normalized spacial score (nSPS) is 10.5. The number of aromatic amines is 1. The molecule has 0 bridgehead atoms. The molecule has 130 valence electrons. The molecular formula is C17H16BrClN4O2. The first-order valence-corrected chi connectivity index (χ1v) is 8.65. The Bertz CT molecular complexity index is 825. The zero-order valence-electron chi connectivity index (χ0n) is 13.4. The van der Waals surface area contributed by atoms with E-state index in [1.807, 2.05) is 36.4 Å². The third kappa shape index (κ3) is 4.64. The molecule has 0 saturated heterocycles. The van der Waals surface area contributed by atoms with E-state index in [9.17, 15) is 0 Å². The Morgan fingerprint density at radius 3 is 2.68 bits per heavy atom. The van der Waals surface area contributed by atoms with Crippen LogP contribution in [0.1, 0.15) is 11.1 Å². The average molecular weight is 424 g/mol. The van der Waals surface area contributed by atoms with Gasteiger partial charge in [-0.15, -0.1) is 0 Å². The van der Waals surface area contributed by atoms with Crippen molar-refractivity contribution in [1.82, 2.24) is 15.2 Å². The molecule has 2 aromatic carbocycles. The molecule has 0 saturated carbocycles. The fourth-order valence-corrected chi connectivity index (χ4v) is 2.78. The fraction of sp³-hybridized carbons (Fsp3) is 0.176. The minimum atomic E-state index is 0.426. The second kappa shape index (κ2) is 8.22. The van der Waals surface area contributed by atoms with Gasteiger partial charge in [0, 0.05) is 16.0 Å². The third-order valence-corrected chi connectivity index (χ3v) is 4.49. The largest absolute Gasteiger partial charge is 0.493 e. The van der Waals surface area contributed by atoms with Crippen LogP contribution < -0.4 is 14.8 Å². The lowest BCUT2D eigenvalue weighted by Gasteiger charge is -2.14. The molecule has 0 aliphatic rings. The molecule has 0 aliphatic heterocycles. The summed E-state index contributed by atoms with van der Waals surface area (Å²) in [6.07, 6.45) is 1.45. The van der Waals surface area contributed by atoms with Gasteiger partial charge in [0.2, 0.25) is 5.95 Å². The number of methoxy groups -OCH3 is 1. The topological polar surface area (TPSA) is 72.1 Å². The molecule has 6 nitrogen and oxygen atoms in total. The van der Waals surface area contributed by atoms with Gasteiger partial charge in [-0.1, -0.05) is 39.7 Å². The fourth-order valence-electron chi connectivity index (χ4n) is 2.20. The number of aromatic nitrogens is 3. The predicted octanol–water partition coefficient (Wildman–Crippen LogP) is 4.42. The van der Waals surface area contributed by atoms with Crippen LogP contribution in [0.2, 0.25) is 5.02 Å². The Morgan fingerprint density at radius 2 is 2.00 bits per heavy atom. The predicted molar refractivity (Wildman–Crippen MR) is 100 cm³/mol. The van der Waals surface area contributed by atoms with Crippen molar-refractivity contribution in [2.75, 3.05) is 12.4 Å². The van der Waals surface area contributed by atoms with Crippen molar-refractivity contribution in [2.45, 2.75) is 13.2 Å². The van der Waals surface area contributed by atoms with Crippen molar-refractivity contribution in [1.29, 1.82) is 0 Å². The number of halogens is 2. The summed E-state index contributed by atoms with van der Waals surface area (Å²) in [7, 11) is 1.62. The highest BCUT2D eigenvalue weighted by Gasteiger charge is 2.11. The SMILES string of the molecule is COc1cc(CNc2ncn[nH]2)c(Br)cc1OCc1ccc(Cl)cc1. The maximum Gasteiger partial charge on any atom is 0.218 e. The lowest BCUT2D eigenvalue weighted by atomic mass is 10.2. The lowest BCUT2D eigenvalue weighted by molar-refractivity contribution is 0.284. The third-order valence-electron chi connectivity index (χ3n) is 3.50. The maximum absolute atomic E-state index is 5.90. The zero-order chi connectivity index (χ0) is 17.6. The van der Waals surface area contributed by atoms with Gasteiger partial charge < -0.3 is 14.8 Å². The van der Waals surface area contributed by atoms with E-state index in [4.69, 9.17) is 21.1 Å². The second-order valence-electron chi connectivity index (χ2n) is 5.20. The smallest absolute Gasteiger partial charge is 0.218 e. The van der Waals surface area contributed by atoms with Gasteiger partial charge in [0.25, 0.3) is 0 Å². The van der Waals surface area contributed by atoms with Gasteiger partial charge in [-0.25, -0.2) is 10.1 Å². The Labute approximate surface area is 158 Å². The highest BCUT2D eigenvalue weighted by atomic mass is 79.9. The molecule has 0 unspecified atom stereocenters. The van der Waals surface area contributed by atoms with E-state index in [1.165, 1.54) is 6.33 Å². The van der Waals surface area contributed by atoms with Crippen LogP contribution in [0.25, 0.3) is 0 Å². The molecule has 0 fully saturated rings. The summed E-state index contributed by atoms with van der Waals surface area (Å²) in [6.45, 7) is 0.985. The number of hydrogen-bond donors (Lipinski definition) is 2. The van der Waals surface area contributed by atoms with E-state index in [1.54, 1.807) is 7.11 Å². The Kier molecular flexibility index (Phi) is 5.78. The molecular weight excluding hydrogens is 408 g/mol. The van der Waals surface area contributed by atoms with Gasteiger partial charge in [-0.3, -0.25) is 0 Å². The first-order valence-electron chi connectivity index (χ1n) is 7.48. The summed E-state index contributed by atoms with van der Waals surface area (Å²) < 4.78 is 12.3. The summed E-state index contributed by atoms with van der Waals surface area (Å²) in [5.41, 5.74) is 2.03. The van der Waals surface area contributed by atoms with Crippen molar-refractivity contribution in [3.63, 3.8) is 0 Å². The maximum atomic E-state index is 5.90. The molecule has 0 atom stereocenters. The molecule has 3 rings (SSSR count). The Morgan fingerprint density at radius 1 is 1.20 bits per heavy atom. The second-order valence-corrected chi connectivity index (χ2v) is 6.49. The molecule has 3 aromatic rings. The molecule has 25 heavy (non-hydrogen) atoms. The average Bonchev–Trinajstić information content (AvgIpc) is 3.14. The van der Waals surface area contributed by atoms with E-state index in [-0.39, 0.29) is 0 Å². The monoisotopic (exact) mass is 422 g/mol. The molecule has 0 amide bonds. The van der Waals surface area contributed by atoms with Crippen LogP contribution in [0.4, 0.5) is 5.95 Å². The van der Waals surface area contributed by atoms with Gasteiger partial charge in [-0.05, 0) is 35.4 Å². The Hall–Kier alpha value is -2.25. The lowest BCUT2D eigenvalue weighted by Crippen LogP contribution is -2.04. The molecule has 0 aliphatic carbocycles. The molecule has 1 aromatic heterocycles. The van der Waals surface area contributed by atoms with Gasteiger partial charge in [0.1, 0.15) is 12.9 Å². The van der Waals surface area contributed by atoms with Gasteiger partial charge in [-0.2, -0.15) is 5.10 Å². The van der Waals surface area contributed by atoms with Crippen LogP contribution in [0, 0.1) is 0 Å². The number of nitrogens with one attached hydrogen (secondary N) is 2. The number of rotatable bonds is 7. The summed E-state index contributed by atoms with van der Waals surface area (Å²) in [4.78, 5) is 4.03. The van der Waals surface area contributed by atoms with E-state index in [2.05, 4.69) is 36.4 Å². The van der Waals surface area contributed by atoms with Crippen LogP contribution in [0.15, 0.2) is 47.2 Å². The summed E-state index contributed by atoms with van der Waals surface area (Å²) in [6, 6.07) is 11.4. The number of H-pyrrole nitrogens is 1. The number of hydrogen-bond acceptors (Lipinski definition) is 5. The van der Waals surface area contributed by atoms with E-state index in [0.717, 1.165) is 15.6 Å². The highest BCUT2D eigenvalue weighted by Crippen LogP contribution is 2.34. The van der Waals surface area contributed by atoms with E-state index < -0.39 is 0 Å². The number of benzene rings is 2.